The lowest BCUT2D eigenvalue weighted by Crippen LogP contribution is -2.38. The molecular formula is C11H18N4. The SMILES string of the molecule is CCCN(c1cccnn1)C1CCNC1. The Bertz CT molecular complexity index is 282. The second-order valence-corrected chi connectivity index (χ2v) is 3.92. The van der Waals surface area contributed by atoms with Crippen LogP contribution in [0.15, 0.2) is 18.3 Å². The third-order valence-corrected chi connectivity index (χ3v) is 2.79. The molecule has 0 saturated carbocycles. The largest absolute Gasteiger partial charge is 0.351 e. The maximum absolute atomic E-state index is 4.19. The predicted molar refractivity (Wildman–Crippen MR) is 60.9 cm³/mol. The Balaban J connectivity index is 2.11. The standard InChI is InChI=1S/C11H18N4/c1-2-8-15(10-5-7-12-9-10)11-4-3-6-13-14-11/h3-4,6,10,12H,2,5,7-9H2,1H3. The first kappa shape index (κ1) is 10.4. The van der Waals surface area contributed by atoms with E-state index in [1.807, 2.05) is 12.1 Å². The summed E-state index contributed by atoms with van der Waals surface area (Å²) in [5.74, 6) is 1.01. The van der Waals surface area contributed by atoms with Crippen LogP contribution in [0.1, 0.15) is 19.8 Å². The van der Waals surface area contributed by atoms with Crippen LogP contribution in [-0.4, -0.2) is 35.9 Å². The van der Waals surface area contributed by atoms with E-state index in [-0.39, 0.29) is 0 Å². The van der Waals surface area contributed by atoms with Gasteiger partial charge < -0.3 is 10.2 Å². The molecule has 4 heteroatoms. The number of nitrogens with one attached hydrogen (secondary N) is 1. The number of nitrogens with zero attached hydrogens (tertiary/aromatic N) is 3. The Hall–Kier alpha value is -1.16. The van der Waals surface area contributed by atoms with Crippen molar-refractivity contribution in [3.8, 4) is 0 Å². The molecule has 0 radical (unpaired) electrons. The van der Waals surface area contributed by atoms with Crippen LogP contribution in [0, 0.1) is 0 Å². The third kappa shape index (κ3) is 2.45. The normalized spacial score (nSPS) is 20.5. The molecule has 0 aromatic carbocycles. The van der Waals surface area contributed by atoms with Crippen molar-refractivity contribution in [3.05, 3.63) is 18.3 Å². The smallest absolute Gasteiger partial charge is 0.151 e. The minimum atomic E-state index is 0.585. The zero-order valence-electron chi connectivity index (χ0n) is 9.19. The molecule has 1 aromatic heterocycles. The molecular weight excluding hydrogens is 188 g/mol. The van der Waals surface area contributed by atoms with Crippen LogP contribution in [0.2, 0.25) is 0 Å². The minimum Gasteiger partial charge on any atom is -0.351 e. The Morgan fingerprint density at radius 1 is 1.60 bits per heavy atom. The van der Waals surface area contributed by atoms with Gasteiger partial charge in [0.1, 0.15) is 0 Å². The Labute approximate surface area is 90.7 Å². The van der Waals surface area contributed by atoms with Crippen molar-refractivity contribution in [2.75, 3.05) is 24.5 Å². The summed E-state index contributed by atoms with van der Waals surface area (Å²) in [5.41, 5.74) is 0. The van der Waals surface area contributed by atoms with Crippen molar-refractivity contribution in [2.24, 2.45) is 0 Å². The highest BCUT2D eigenvalue weighted by molar-refractivity contribution is 5.38. The molecule has 1 N–H and O–H groups in total. The Kier molecular flexibility index (Phi) is 3.50. The van der Waals surface area contributed by atoms with E-state index in [0.29, 0.717) is 6.04 Å². The first-order chi connectivity index (χ1) is 7.42. The summed E-state index contributed by atoms with van der Waals surface area (Å²) in [6, 6.07) is 4.58. The molecule has 4 nitrogen and oxygen atoms in total. The van der Waals surface area contributed by atoms with Gasteiger partial charge in [-0.2, -0.15) is 5.10 Å². The van der Waals surface area contributed by atoms with Gasteiger partial charge in [-0.1, -0.05) is 6.92 Å². The zero-order valence-corrected chi connectivity index (χ0v) is 9.19. The Morgan fingerprint density at radius 2 is 2.53 bits per heavy atom. The predicted octanol–water partition coefficient (Wildman–Crippen LogP) is 1.05. The monoisotopic (exact) mass is 206 g/mol. The van der Waals surface area contributed by atoms with Gasteiger partial charge in [-0.25, -0.2) is 0 Å². The summed E-state index contributed by atoms with van der Waals surface area (Å²) in [6.45, 7) is 5.44. The van der Waals surface area contributed by atoms with E-state index in [4.69, 9.17) is 0 Å². The van der Waals surface area contributed by atoms with Gasteiger partial charge in [-0.15, -0.1) is 5.10 Å². The second kappa shape index (κ2) is 5.07. The minimum absolute atomic E-state index is 0.585. The second-order valence-electron chi connectivity index (χ2n) is 3.92. The van der Waals surface area contributed by atoms with Gasteiger partial charge in [0.05, 0.1) is 0 Å². The molecule has 1 fully saturated rings. The highest BCUT2D eigenvalue weighted by Crippen LogP contribution is 2.16. The van der Waals surface area contributed by atoms with E-state index >= 15 is 0 Å². The number of anilines is 1. The lowest BCUT2D eigenvalue weighted by molar-refractivity contribution is 0.614. The average Bonchev–Trinajstić information content (AvgIpc) is 2.80. The summed E-state index contributed by atoms with van der Waals surface area (Å²) in [4.78, 5) is 2.37. The van der Waals surface area contributed by atoms with Crippen LogP contribution in [0.4, 0.5) is 5.82 Å². The van der Waals surface area contributed by atoms with Gasteiger partial charge in [-0.3, -0.25) is 0 Å². The molecule has 1 aliphatic heterocycles. The van der Waals surface area contributed by atoms with Gasteiger partial charge in [0.15, 0.2) is 5.82 Å². The van der Waals surface area contributed by atoms with Gasteiger partial charge in [0.2, 0.25) is 0 Å². The van der Waals surface area contributed by atoms with Crippen molar-refractivity contribution < 1.29 is 0 Å². The van der Waals surface area contributed by atoms with Crippen molar-refractivity contribution >= 4 is 5.82 Å². The van der Waals surface area contributed by atoms with Crippen LogP contribution in [-0.2, 0) is 0 Å². The fourth-order valence-electron chi connectivity index (χ4n) is 2.08. The summed E-state index contributed by atoms with van der Waals surface area (Å²) >= 11 is 0. The molecule has 15 heavy (non-hydrogen) atoms. The average molecular weight is 206 g/mol. The maximum Gasteiger partial charge on any atom is 0.151 e. The molecule has 0 bridgehead atoms. The molecule has 0 amide bonds. The lowest BCUT2D eigenvalue weighted by atomic mass is 10.2. The molecule has 1 aliphatic rings. The number of aromatic nitrogens is 2. The molecule has 2 rings (SSSR count). The molecule has 2 heterocycles. The molecule has 82 valence electrons. The lowest BCUT2D eigenvalue weighted by Gasteiger charge is -2.28. The van der Waals surface area contributed by atoms with Crippen LogP contribution in [0.5, 0.6) is 0 Å². The quantitative estimate of drug-likeness (QED) is 0.799. The van der Waals surface area contributed by atoms with Crippen LogP contribution >= 0.6 is 0 Å². The summed E-state index contributed by atoms with van der Waals surface area (Å²) in [6.07, 6.45) is 4.07. The zero-order chi connectivity index (χ0) is 10.5. The van der Waals surface area contributed by atoms with Crippen LogP contribution < -0.4 is 10.2 Å². The van der Waals surface area contributed by atoms with E-state index in [9.17, 15) is 0 Å². The number of hydrogen-bond donors (Lipinski definition) is 1. The topological polar surface area (TPSA) is 41.1 Å². The molecule has 1 atom stereocenters. The molecule has 0 spiro atoms. The highest BCUT2D eigenvalue weighted by atomic mass is 15.3. The molecule has 1 aromatic rings. The van der Waals surface area contributed by atoms with Crippen molar-refractivity contribution in [1.29, 1.82) is 0 Å². The molecule has 1 unspecified atom stereocenters. The van der Waals surface area contributed by atoms with Crippen molar-refractivity contribution in [3.63, 3.8) is 0 Å². The Morgan fingerprint density at radius 3 is 3.13 bits per heavy atom. The van der Waals surface area contributed by atoms with Crippen molar-refractivity contribution in [2.45, 2.75) is 25.8 Å². The third-order valence-electron chi connectivity index (χ3n) is 2.79. The summed E-state index contributed by atoms with van der Waals surface area (Å²) < 4.78 is 0. The van der Waals surface area contributed by atoms with Gasteiger partial charge >= 0.3 is 0 Å². The molecule has 0 aliphatic carbocycles. The summed E-state index contributed by atoms with van der Waals surface area (Å²) in [5, 5.41) is 11.5. The maximum atomic E-state index is 4.19. The molecule has 1 saturated heterocycles. The summed E-state index contributed by atoms with van der Waals surface area (Å²) in [7, 11) is 0. The van der Waals surface area contributed by atoms with Gasteiger partial charge in [-0.05, 0) is 31.5 Å². The highest BCUT2D eigenvalue weighted by Gasteiger charge is 2.22. The van der Waals surface area contributed by atoms with Gasteiger partial charge in [0.25, 0.3) is 0 Å². The van der Waals surface area contributed by atoms with Crippen LogP contribution in [0.25, 0.3) is 0 Å². The number of rotatable bonds is 4. The first-order valence-corrected chi connectivity index (χ1v) is 5.67. The fourth-order valence-corrected chi connectivity index (χ4v) is 2.08. The van der Waals surface area contributed by atoms with E-state index in [2.05, 4.69) is 27.3 Å². The van der Waals surface area contributed by atoms with Crippen molar-refractivity contribution in [1.82, 2.24) is 15.5 Å². The van der Waals surface area contributed by atoms with E-state index in [0.717, 1.165) is 31.9 Å². The van der Waals surface area contributed by atoms with Crippen LogP contribution in [0.3, 0.4) is 0 Å². The fraction of sp³-hybridized carbons (Fsp3) is 0.636. The number of hydrogen-bond acceptors (Lipinski definition) is 4. The first-order valence-electron chi connectivity index (χ1n) is 5.67. The van der Waals surface area contributed by atoms with E-state index in [1.165, 1.54) is 6.42 Å². The van der Waals surface area contributed by atoms with E-state index in [1.54, 1.807) is 6.20 Å². The van der Waals surface area contributed by atoms with Gasteiger partial charge in [0, 0.05) is 25.3 Å². The van der Waals surface area contributed by atoms with E-state index < -0.39 is 0 Å².